The second-order valence-electron chi connectivity index (χ2n) is 4.02. The summed E-state index contributed by atoms with van der Waals surface area (Å²) in [6, 6.07) is 9.95. The van der Waals surface area contributed by atoms with Crippen LogP contribution in [0.4, 0.5) is 5.69 Å². The minimum Gasteiger partial charge on any atom is -0.456 e. The molecule has 0 spiro atoms. The summed E-state index contributed by atoms with van der Waals surface area (Å²) in [5.74, 6) is 0.452. The van der Waals surface area contributed by atoms with Gasteiger partial charge in [-0.15, -0.1) is 0 Å². The van der Waals surface area contributed by atoms with E-state index in [9.17, 15) is 9.59 Å². The number of anilines is 1. The van der Waals surface area contributed by atoms with Crippen LogP contribution in [0.1, 0.15) is 26.7 Å². The summed E-state index contributed by atoms with van der Waals surface area (Å²) in [6.45, 7) is 1.77. The van der Waals surface area contributed by atoms with E-state index in [0.717, 1.165) is 0 Å². The SMILES string of the molecule is CNC(=O)c1ccc(NC(=O)c2ccc(C)o2)cc1. The lowest BCUT2D eigenvalue weighted by atomic mass is 10.2. The van der Waals surface area contributed by atoms with Crippen molar-refractivity contribution in [2.45, 2.75) is 6.92 Å². The average molecular weight is 258 g/mol. The first-order chi connectivity index (χ1) is 9.10. The number of aryl methyl sites for hydroxylation is 1. The summed E-state index contributed by atoms with van der Waals surface area (Å²) in [7, 11) is 1.57. The Morgan fingerprint density at radius 2 is 1.68 bits per heavy atom. The van der Waals surface area contributed by atoms with Crippen molar-refractivity contribution in [3.05, 3.63) is 53.5 Å². The topological polar surface area (TPSA) is 71.3 Å². The first-order valence-corrected chi connectivity index (χ1v) is 5.80. The molecule has 0 unspecified atom stereocenters. The molecule has 0 saturated heterocycles. The van der Waals surface area contributed by atoms with Crippen molar-refractivity contribution in [1.82, 2.24) is 5.32 Å². The highest BCUT2D eigenvalue weighted by molar-refractivity contribution is 6.02. The molecule has 2 amide bonds. The molecule has 1 aromatic heterocycles. The predicted octanol–water partition coefficient (Wildman–Crippen LogP) is 2.20. The Bertz CT molecular complexity index is 599. The summed E-state index contributed by atoms with van der Waals surface area (Å²) in [5, 5.41) is 5.22. The van der Waals surface area contributed by atoms with Crippen molar-refractivity contribution < 1.29 is 14.0 Å². The fourth-order valence-corrected chi connectivity index (χ4v) is 1.60. The molecule has 1 heterocycles. The second kappa shape index (κ2) is 5.39. The van der Waals surface area contributed by atoms with Crippen LogP contribution in [-0.2, 0) is 0 Å². The zero-order valence-electron chi connectivity index (χ0n) is 10.7. The van der Waals surface area contributed by atoms with E-state index in [4.69, 9.17) is 4.42 Å². The first kappa shape index (κ1) is 12.9. The Hall–Kier alpha value is -2.56. The van der Waals surface area contributed by atoms with Crippen molar-refractivity contribution in [1.29, 1.82) is 0 Å². The van der Waals surface area contributed by atoms with Gasteiger partial charge in [0.1, 0.15) is 5.76 Å². The highest BCUT2D eigenvalue weighted by Gasteiger charge is 2.10. The van der Waals surface area contributed by atoms with Gasteiger partial charge in [-0.1, -0.05) is 0 Å². The van der Waals surface area contributed by atoms with Crippen molar-refractivity contribution in [2.24, 2.45) is 0 Å². The zero-order chi connectivity index (χ0) is 13.8. The van der Waals surface area contributed by atoms with Gasteiger partial charge in [0.2, 0.25) is 0 Å². The highest BCUT2D eigenvalue weighted by atomic mass is 16.3. The van der Waals surface area contributed by atoms with Crippen molar-refractivity contribution in [3.8, 4) is 0 Å². The summed E-state index contributed by atoms with van der Waals surface area (Å²) in [4.78, 5) is 23.2. The normalized spacial score (nSPS) is 10.0. The van der Waals surface area contributed by atoms with Gasteiger partial charge < -0.3 is 15.1 Å². The maximum atomic E-state index is 11.8. The average Bonchev–Trinajstić information content (AvgIpc) is 2.85. The molecule has 19 heavy (non-hydrogen) atoms. The van der Waals surface area contributed by atoms with Gasteiger partial charge in [0, 0.05) is 18.3 Å². The van der Waals surface area contributed by atoms with Gasteiger partial charge in [-0.3, -0.25) is 9.59 Å². The van der Waals surface area contributed by atoms with Gasteiger partial charge in [-0.2, -0.15) is 0 Å². The molecule has 0 saturated carbocycles. The molecule has 2 rings (SSSR count). The molecule has 2 N–H and O–H groups in total. The molecule has 0 aliphatic heterocycles. The molecule has 0 aliphatic carbocycles. The Morgan fingerprint density at radius 1 is 1.00 bits per heavy atom. The number of rotatable bonds is 3. The van der Waals surface area contributed by atoms with Crippen molar-refractivity contribution >= 4 is 17.5 Å². The lowest BCUT2D eigenvalue weighted by Crippen LogP contribution is -2.17. The van der Waals surface area contributed by atoms with E-state index < -0.39 is 0 Å². The largest absolute Gasteiger partial charge is 0.456 e. The molecular weight excluding hydrogens is 244 g/mol. The van der Waals surface area contributed by atoms with E-state index >= 15 is 0 Å². The number of nitrogens with one attached hydrogen (secondary N) is 2. The minimum atomic E-state index is -0.319. The molecule has 0 fully saturated rings. The van der Waals surface area contributed by atoms with Crippen molar-refractivity contribution in [3.63, 3.8) is 0 Å². The maximum absolute atomic E-state index is 11.8. The molecule has 0 aliphatic rings. The van der Waals surface area contributed by atoms with Crippen LogP contribution in [0.5, 0.6) is 0 Å². The molecule has 2 aromatic rings. The molecular formula is C14H14N2O3. The van der Waals surface area contributed by atoms with Gasteiger partial charge in [0.05, 0.1) is 0 Å². The van der Waals surface area contributed by atoms with Crippen LogP contribution >= 0.6 is 0 Å². The summed E-state index contributed by atoms with van der Waals surface area (Å²) < 4.78 is 5.22. The van der Waals surface area contributed by atoms with Crippen LogP contribution in [0, 0.1) is 6.92 Å². The van der Waals surface area contributed by atoms with Crippen LogP contribution in [0.2, 0.25) is 0 Å². The third-order valence-corrected chi connectivity index (χ3v) is 2.60. The van der Waals surface area contributed by atoms with Gasteiger partial charge in [0.25, 0.3) is 11.8 Å². The van der Waals surface area contributed by atoms with Gasteiger partial charge in [0.15, 0.2) is 5.76 Å². The van der Waals surface area contributed by atoms with E-state index in [1.165, 1.54) is 0 Å². The Kier molecular flexibility index (Phi) is 3.66. The summed E-state index contributed by atoms with van der Waals surface area (Å²) in [5.41, 5.74) is 1.14. The fourth-order valence-electron chi connectivity index (χ4n) is 1.60. The second-order valence-corrected chi connectivity index (χ2v) is 4.02. The predicted molar refractivity (Wildman–Crippen MR) is 71.2 cm³/mol. The smallest absolute Gasteiger partial charge is 0.291 e. The van der Waals surface area contributed by atoms with E-state index in [2.05, 4.69) is 10.6 Å². The molecule has 0 atom stereocenters. The number of hydrogen-bond acceptors (Lipinski definition) is 3. The molecule has 1 aromatic carbocycles. The number of carbonyl (C=O) groups is 2. The third kappa shape index (κ3) is 3.01. The van der Waals surface area contributed by atoms with E-state index in [0.29, 0.717) is 17.0 Å². The van der Waals surface area contributed by atoms with Crippen LogP contribution < -0.4 is 10.6 Å². The van der Waals surface area contributed by atoms with Gasteiger partial charge in [-0.05, 0) is 43.3 Å². The number of amides is 2. The van der Waals surface area contributed by atoms with E-state index in [1.54, 1.807) is 50.4 Å². The van der Waals surface area contributed by atoms with Gasteiger partial charge in [-0.25, -0.2) is 0 Å². The zero-order valence-corrected chi connectivity index (χ0v) is 10.7. The summed E-state index contributed by atoms with van der Waals surface area (Å²) >= 11 is 0. The van der Waals surface area contributed by atoms with Crippen LogP contribution in [0.3, 0.4) is 0 Å². The fraction of sp³-hybridized carbons (Fsp3) is 0.143. The van der Waals surface area contributed by atoms with Crippen LogP contribution in [0.25, 0.3) is 0 Å². The number of furan rings is 1. The lowest BCUT2D eigenvalue weighted by molar-refractivity contribution is 0.0962. The Labute approximate surface area is 110 Å². The standard InChI is InChI=1S/C14H14N2O3/c1-9-3-8-12(19-9)14(18)16-11-6-4-10(5-7-11)13(17)15-2/h3-8H,1-2H3,(H,15,17)(H,16,18). The maximum Gasteiger partial charge on any atom is 0.291 e. The molecule has 0 bridgehead atoms. The quantitative estimate of drug-likeness (QED) is 0.886. The molecule has 0 radical (unpaired) electrons. The monoisotopic (exact) mass is 258 g/mol. The third-order valence-electron chi connectivity index (χ3n) is 2.60. The number of hydrogen-bond donors (Lipinski definition) is 2. The number of carbonyl (C=O) groups excluding carboxylic acids is 2. The molecule has 5 heteroatoms. The minimum absolute atomic E-state index is 0.167. The highest BCUT2D eigenvalue weighted by Crippen LogP contribution is 2.13. The van der Waals surface area contributed by atoms with Gasteiger partial charge >= 0.3 is 0 Å². The molecule has 98 valence electrons. The van der Waals surface area contributed by atoms with E-state index in [-0.39, 0.29) is 17.6 Å². The summed E-state index contributed by atoms with van der Waals surface area (Å²) in [6.07, 6.45) is 0. The van der Waals surface area contributed by atoms with Crippen LogP contribution in [0.15, 0.2) is 40.8 Å². The molecule has 5 nitrogen and oxygen atoms in total. The first-order valence-electron chi connectivity index (χ1n) is 5.80. The van der Waals surface area contributed by atoms with Crippen LogP contribution in [-0.4, -0.2) is 18.9 Å². The Balaban J connectivity index is 2.07. The lowest BCUT2D eigenvalue weighted by Gasteiger charge is -2.04. The van der Waals surface area contributed by atoms with E-state index in [1.807, 2.05) is 0 Å². The Morgan fingerprint density at radius 3 is 2.21 bits per heavy atom. The van der Waals surface area contributed by atoms with Crippen molar-refractivity contribution in [2.75, 3.05) is 12.4 Å². The number of benzene rings is 1.